The summed E-state index contributed by atoms with van der Waals surface area (Å²) < 4.78 is 0. The molecule has 0 radical (unpaired) electrons. The smallest absolute Gasteiger partial charge is 0.159 e. The third-order valence-corrected chi connectivity index (χ3v) is 3.92. The van der Waals surface area contributed by atoms with Crippen LogP contribution < -0.4 is 0 Å². The van der Waals surface area contributed by atoms with E-state index in [-0.39, 0.29) is 5.78 Å². The molecule has 0 bridgehead atoms. The number of benzene rings is 2. The van der Waals surface area contributed by atoms with Crippen LogP contribution in [0.15, 0.2) is 48.5 Å². The highest BCUT2D eigenvalue weighted by molar-refractivity contribution is 5.97. The van der Waals surface area contributed by atoms with Gasteiger partial charge in [0.15, 0.2) is 5.78 Å². The van der Waals surface area contributed by atoms with Gasteiger partial charge in [-0.3, -0.25) is 4.79 Å². The van der Waals surface area contributed by atoms with Gasteiger partial charge in [0.1, 0.15) is 6.79 Å². The van der Waals surface area contributed by atoms with Crippen molar-refractivity contribution in [2.75, 3.05) is 0 Å². The summed E-state index contributed by atoms with van der Waals surface area (Å²) in [5.41, 5.74) is 4.32. The highest BCUT2D eigenvalue weighted by Crippen LogP contribution is 2.21. The van der Waals surface area contributed by atoms with E-state index in [4.69, 9.17) is 10.2 Å². The lowest BCUT2D eigenvalue weighted by Gasteiger charge is -2.05. The lowest BCUT2D eigenvalue weighted by molar-refractivity contribution is -0.0980. The van der Waals surface area contributed by atoms with E-state index >= 15 is 0 Å². The number of carbonyl (C=O) groups excluding carboxylic acids is 2. The summed E-state index contributed by atoms with van der Waals surface area (Å²) in [6.07, 6.45) is 5.28. The van der Waals surface area contributed by atoms with Crippen LogP contribution in [-0.4, -0.2) is 18.3 Å². The topological polar surface area (TPSA) is 58.0 Å². The number of rotatable bonds is 5. The third kappa shape index (κ3) is 19.4. The molecule has 0 atom stereocenters. The fourth-order valence-corrected chi connectivity index (χ4v) is 1.83. The summed E-state index contributed by atoms with van der Waals surface area (Å²) in [4.78, 5) is 19.2. The van der Waals surface area contributed by atoms with Gasteiger partial charge >= 0.3 is 0 Å². The summed E-state index contributed by atoms with van der Waals surface area (Å²) in [5, 5.41) is 7.64. The molecule has 2 aromatic rings. The van der Waals surface area contributed by atoms with Crippen molar-refractivity contribution in [3.05, 3.63) is 59.7 Å². The van der Waals surface area contributed by atoms with Crippen LogP contribution in [-0.2, 0) is 4.79 Å². The molecule has 0 spiro atoms. The SMILES string of the molecule is C=O.CC.CC.CC(=N)c1cccc(-c2ccc(C(C)=O)cc2)c1.CCCC.CCCC. The third-order valence-electron chi connectivity index (χ3n) is 3.92. The highest BCUT2D eigenvalue weighted by Gasteiger charge is 2.02. The van der Waals surface area contributed by atoms with Crippen LogP contribution in [0.25, 0.3) is 11.1 Å². The summed E-state index contributed by atoms with van der Waals surface area (Å²) in [7, 11) is 0. The Morgan fingerprint density at radius 2 is 1.09 bits per heavy atom. The zero-order valence-corrected chi connectivity index (χ0v) is 22.5. The second kappa shape index (κ2) is 28.5. The summed E-state index contributed by atoms with van der Waals surface area (Å²) >= 11 is 0. The maximum Gasteiger partial charge on any atom is 0.159 e. The van der Waals surface area contributed by atoms with Crippen molar-refractivity contribution in [2.45, 2.75) is 94.9 Å². The van der Waals surface area contributed by atoms with Crippen molar-refractivity contribution in [2.24, 2.45) is 0 Å². The van der Waals surface area contributed by atoms with E-state index in [0.29, 0.717) is 5.71 Å². The first kappa shape index (κ1) is 36.8. The molecule has 2 aromatic carbocycles. The molecule has 2 rings (SSSR count). The molecular formula is C29H49NO2. The highest BCUT2D eigenvalue weighted by atomic mass is 16.1. The van der Waals surface area contributed by atoms with E-state index in [1.807, 2.05) is 83.0 Å². The molecule has 0 aromatic heterocycles. The first-order valence-corrected chi connectivity index (χ1v) is 12.0. The monoisotopic (exact) mass is 443 g/mol. The van der Waals surface area contributed by atoms with Gasteiger partial charge in [-0.05, 0) is 36.6 Å². The van der Waals surface area contributed by atoms with Crippen molar-refractivity contribution in [1.29, 1.82) is 5.41 Å². The van der Waals surface area contributed by atoms with E-state index in [0.717, 1.165) is 22.3 Å². The Kier molecular flexibility index (Phi) is 32.7. The van der Waals surface area contributed by atoms with E-state index in [2.05, 4.69) is 27.7 Å². The molecular weight excluding hydrogens is 394 g/mol. The molecule has 0 unspecified atom stereocenters. The van der Waals surface area contributed by atoms with Gasteiger partial charge < -0.3 is 10.2 Å². The number of unbranched alkanes of at least 4 members (excludes halogenated alkanes) is 2. The molecule has 182 valence electrons. The Morgan fingerprint density at radius 1 is 0.688 bits per heavy atom. The van der Waals surface area contributed by atoms with Gasteiger partial charge in [0.2, 0.25) is 0 Å². The number of ketones is 1. The van der Waals surface area contributed by atoms with E-state index in [1.54, 1.807) is 13.8 Å². The number of nitrogens with one attached hydrogen (secondary N) is 1. The average molecular weight is 444 g/mol. The van der Waals surface area contributed by atoms with Crippen LogP contribution in [0.1, 0.15) is 111 Å². The maximum atomic E-state index is 11.2. The average Bonchev–Trinajstić information content (AvgIpc) is 2.88. The molecule has 0 heterocycles. The van der Waals surface area contributed by atoms with Gasteiger partial charge in [0, 0.05) is 11.3 Å². The molecule has 0 aliphatic carbocycles. The molecule has 1 N–H and O–H groups in total. The van der Waals surface area contributed by atoms with Crippen LogP contribution in [0.4, 0.5) is 0 Å². The molecule has 0 aliphatic rings. The zero-order chi connectivity index (χ0) is 25.9. The molecule has 0 fully saturated rings. The molecule has 0 amide bonds. The summed E-state index contributed by atoms with van der Waals surface area (Å²) in [5.74, 6) is 0.0747. The largest absolute Gasteiger partial charge is 0.307 e. The number of hydrogen-bond donors (Lipinski definition) is 1. The molecule has 0 aliphatic heterocycles. The van der Waals surface area contributed by atoms with Crippen LogP contribution in [0.5, 0.6) is 0 Å². The lowest BCUT2D eigenvalue weighted by atomic mass is 10.00. The quantitative estimate of drug-likeness (QED) is 0.369. The van der Waals surface area contributed by atoms with Crippen molar-refractivity contribution < 1.29 is 9.59 Å². The molecule has 0 saturated heterocycles. The van der Waals surface area contributed by atoms with Crippen molar-refractivity contribution >= 4 is 18.3 Å². The van der Waals surface area contributed by atoms with Crippen molar-refractivity contribution in [3.8, 4) is 11.1 Å². The fraction of sp³-hybridized carbons (Fsp3) is 0.483. The predicted molar refractivity (Wildman–Crippen MR) is 145 cm³/mol. The Bertz CT molecular complexity index is 668. The van der Waals surface area contributed by atoms with Crippen LogP contribution in [0.3, 0.4) is 0 Å². The van der Waals surface area contributed by atoms with Crippen molar-refractivity contribution in [3.63, 3.8) is 0 Å². The minimum absolute atomic E-state index is 0.0747. The van der Waals surface area contributed by atoms with Gasteiger partial charge in [0.05, 0.1) is 0 Å². The Balaban J connectivity index is -0.000000234. The number of hydrogen-bond acceptors (Lipinski definition) is 3. The molecule has 0 saturated carbocycles. The van der Waals surface area contributed by atoms with Crippen LogP contribution >= 0.6 is 0 Å². The fourth-order valence-electron chi connectivity index (χ4n) is 1.83. The second-order valence-corrected chi connectivity index (χ2v) is 6.34. The van der Waals surface area contributed by atoms with E-state index in [9.17, 15) is 4.79 Å². The van der Waals surface area contributed by atoms with Gasteiger partial charge in [-0.15, -0.1) is 0 Å². The standard InChI is InChI=1S/C16H15NO.2C4H10.2C2H6.CH2O/c1-11(17)15-4-3-5-16(10-15)14-8-6-13(7-9-14)12(2)18;2*1-3-4-2;3*1-2/h3-10,17H,1-2H3;2*3-4H2,1-2H3;2*1-2H3;1H2. The second-order valence-electron chi connectivity index (χ2n) is 6.34. The Hall–Kier alpha value is -2.55. The predicted octanol–water partition coefficient (Wildman–Crippen LogP) is 9.42. The van der Waals surface area contributed by atoms with Crippen LogP contribution in [0.2, 0.25) is 0 Å². The zero-order valence-electron chi connectivity index (χ0n) is 22.5. The first-order chi connectivity index (χ1) is 15.4. The lowest BCUT2D eigenvalue weighted by Crippen LogP contribution is -1.93. The van der Waals surface area contributed by atoms with Crippen LogP contribution in [0, 0.1) is 5.41 Å². The van der Waals surface area contributed by atoms with Crippen molar-refractivity contribution in [1.82, 2.24) is 0 Å². The van der Waals surface area contributed by atoms with Gasteiger partial charge in [-0.2, -0.15) is 0 Å². The summed E-state index contributed by atoms with van der Waals surface area (Å²) in [6.45, 7) is 22.1. The van der Waals surface area contributed by atoms with E-state index < -0.39 is 0 Å². The van der Waals surface area contributed by atoms with Gasteiger partial charge in [-0.1, -0.05) is 124 Å². The minimum Gasteiger partial charge on any atom is -0.307 e. The molecule has 32 heavy (non-hydrogen) atoms. The van der Waals surface area contributed by atoms with E-state index in [1.165, 1.54) is 25.7 Å². The molecule has 3 heteroatoms. The Morgan fingerprint density at radius 3 is 1.41 bits per heavy atom. The molecule has 3 nitrogen and oxygen atoms in total. The number of Topliss-reactive ketones (excluding diaryl/α,β-unsaturated/α-hetero) is 1. The minimum atomic E-state index is 0.0747. The maximum absolute atomic E-state index is 11.2. The summed E-state index contributed by atoms with van der Waals surface area (Å²) in [6, 6.07) is 15.4. The van der Waals surface area contributed by atoms with Gasteiger partial charge in [-0.25, -0.2) is 0 Å². The first-order valence-electron chi connectivity index (χ1n) is 12.0. The normalized spacial score (nSPS) is 8.06. The Labute approximate surface area is 199 Å². The number of carbonyl (C=O) groups is 2. The van der Waals surface area contributed by atoms with Gasteiger partial charge in [0.25, 0.3) is 0 Å².